The first-order chi connectivity index (χ1) is 10.1. The Morgan fingerprint density at radius 3 is 2.81 bits per heavy atom. The molecule has 2 amide bonds. The molecule has 0 atom stereocenters. The molecule has 1 aliphatic rings. The number of nitrogens with two attached hydrogens (primary N) is 1. The number of nitrogens with one attached hydrogen (secondary N) is 1. The van der Waals surface area contributed by atoms with Crippen LogP contribution in [0.2, 0.25) is 0 Å². The highest BCUT2D eigenvalue weighted by molar-refractivity contribution is 6.05. The molecule has 6 heteroatoms. The van der Waals surface area contributed by atoms with Crippen LogP contribution in [-0.4, -0.2) is 40.0 Å². The third kappa shape index (κ3) is 2.74. The van der Waals surface area contributed by atoms with Gasteiger partial charge in [-0.3, -0.25) is 14.7 Å². The van der Waals surface area contributed by atoms with Crippen molar-refractivity contribution in [1.29, 1.82) is 0 Å². The van der Waals surface area contributed by atoms with Crippen molar-refractivity contribution in [2.24, 2.45) is 5.73 Å². The van der Waals surface area contributed by atoms with Crippen molar-refractivity contribution in [3.63, 3.8) is 0 Å². The Morgan fingerprint density at radius 1 is 1.33 bits per heavy atom. The summed E-state index contributed by atoms with van der Waals surface area (Å²) >= 11 is 0. The Morgan fingerprint density at radius 2 is 2.10 bits per heavy atom. The van der Waals surface area contributed by atoms with Gasteiger partial charge in [-0.2, -0.15) is 5.10 Å². The number of H-pyrrole nitrogens is 1. The lowest BCUT2D eigenvalue weighted by atomic mass is 10.0. The van der Waals surface area contributed by atoms with E-state index in [4.69, 9.17) is 5.73 Å². The predicted octanol–water partition coefficient (Wildman–Crippen LogP) is 1.03. The summed E-state index contributed by atoms with van der Waals surface area (Å²) in [5.41, 5.74) is 7.31. The Bertz CT molecular complexity index is 686. The van der Waals surface area contributed by atoms with Crippen molar-refractivity contribution in [3.8, 4) is 0 Å². The van der Waals surface area contributed by atoms with Gasteiger partial charge in [0.25, 0.3) is 5.91 Å². The number of fused-ring (bicyclic) bond motifs is 1. The van der Waals surface area contributed by atoms with Crippen LogP contribution in [0.4, 0.5) is 0 Å². The molecule has 0 spiro atoms. The third-order valence-electron chi connectivity index (χ3n) is 3.80. The van der Waals surface area contributed by atoms with E-state index < -0.39 is 5.91 Å². The Balaban J connectivity index is 1.77. The lowest BCUT2D eigenvalue weighted by molar-refractivity contribution is -0.126. The number of amides is 2. The molecule has 0 unspecified atom stereocenters. The molecular formula is C15H17N4O2. The highest BCUT2D eigenvalue weighted by Gasteiger charge is 2.18. The normalized spacial score (nSPS) is 14.8. The third-order valence-corrected chi connectivity index (χ3v) is 3.80. The van der Waals surface area contributed by atoms with Gasteiger partial charge in [0.15, 0.2) is 0 Å². The molecule has 0 bridgehead atoms. The van der Waals surface area contributed by atoms with Gasteiger partial charge in [0.1, 0.15) is 0 Å². The van der Waals surface area contributed by atoms with E-state index in [0.29, 0.717) is 17.5 Å². The summed E-state index contributed by atoms with van der Waals surface area (Å²) in [4.78, 5) is 25.4. The van der Waals surface area contributed by atoms with E-state index in [1.54, 1.807) is 18.7 Å². The van der Waals surface area contributed by atoms with Crippen LogP contribution in [0.15, 0.2) is 18.3 Å². The van der Waals surface area contributed by atoms with Gasteiger partial charge in [-0.15, -0.1) is 0 Å². The van der Waals surface area contributed by atoms with Crippen molar-refractivity contribution in [3.05, 3.63) is 35.9 Å². The zero-order valence-corrected chi connectivity index (χ0v) is 11.6. The first kappa shape index (κ1) is 13.6. The summed E-state index contributed by atoms with van der Waals surface area (Å²) in [6, 6.07) is 3.63. The molecule has 0 aliphatic carbocycles. The number of aromatic nitrogens is 2. The van der Waals surface area contributed by atoms with Crippen LogP contribution in [0.25, 0.3) is 10.9 Å². The number of likely N-dealkylation sites (tertiary alicyclic amines) is 1. The lowest BCUT2D eigenvalue weighted by Gasteiger charge is -2.14. The Labute approximate surface area is 122 Å². The second-order valence-electron chi connectivity index (χ2n) is 5.28. The number of rotatable bonds is 4. The minimum atomic E-state index is -0.503. The molecule has 2 heterocycles. The molecule has 3 N–H and O–H groups in total. The number of hydrogen-bond donors (Lipinski definition) is 2. The molecule has 2 aromatic rings. The number of carbonyl (C=O) groups is 2. The standard InChI is InChI=1S/C15H17N4O2/c16-15(21)12-8-10(7-11-9-17-18-14(11)12)3-4-13(20)19-5-1-2-6-19/h4,7-9H,1-3,5-6H2,(H2,16,21)(H,17,18). The number of primary amides is 1. The maximum Gasteiger partial charge on any atom is 0.250 e. The lowest BCUT2D eigenvalue weighted by Crippen LogP contribution is -2.28. The van der Waals surface area contributed by atoms with Gasteiger partial charge in [-0.25, -0.2) is 0 Å². The fourth-order valence-electron chi connectivity index (χ4n) is 2.70. The van der Waals surface area contributed by atoms with Crippen molar-refractivity contribution in [1.82, 2.24) is 15.1 Å². The minimum Gasteiger partial charge on any atom is -0.366 e. The molecule has 1 aromatic carbocycles. The Kier molecular flexibility index (Phi) is 3.60. The SMILES string of the molecule is NC(=O)c1cc(C[CH]C(=O)N2CCCC2)cc2cn[nH]c12. The molecule has 6 nitrogen and oxygen atoms in total. The molecule has 0 saturated carbocycles. The summed E-state index contributed by atoms with van der Waals surface area (Å²) in [7, 11) is 0. The van der Waals surface area contributed by atoms with Crippen LogP contribution in [0.1, 0.15) is 28.8 Å². The van der Waals surface area contributed by atoms with Gasteiger partial charge >= 0.3 is 0 Å². The van der Waals surface area contributed by atoms with Gasteiger partial charge < -0.3 is 10.6 Å². The first-order valence-corrected chi connectivity index (χ1v) is 7.03. The number of aromatic amines is 1. The van der Waals surface area contributed by atoms with E-state index in [-0.39, 0.29) is 5.91 Å². The number of carbonyl (C=O) groups excluding carboxylic acids is 2. The highest BCUT2D eigenvalue weighted by Crippen LogP contribution is 2.20. The van der Waals surface area contributed by atoms with Crippen LogP contribution < -0.4 is 5.73 Å². The second kappa shape index (κ2) is 5.55. The monoisotopic (exact) mass is 285 g/mol. The van der Waals surface area contributed by atoms with E-state index in [9.17, 15) is 9.59 Å². The van der Waals surface area contributed by atoms with Crippen molar-refractivity contribution >= 4 is 22.7 Å². The molecular weight excluding hydrogens is 268 g/mol. The van der Waals surface area contributed by atoms with Crippen molar-refractivity contribution in [2.45, 2.75) is 19.3 Å². The second-order valence-corrected chi connectivity index (χ2v) is 5.28. The average Bonchev–Trinajstić information content (AvgIpc) is 3.14. The maximum atomic E-state index is 12.0. The summed E-state index contributed by atoms with van der Waals surface area (Å²) < 4.78 is 0. The van der Waals surface area contributed by atoms with E-state index in [2.05, 4.69) is 10.2 Å². The predicted molar refractivity (Wildman–Crippen MR) is 78.4 cm³/mol. The molecule has 1 fully saturated rings. The molecule has 1 aromatic heterocycles. The van der Waals surface area contributed by atoms with Crippen LogP contribution in [0.3, 0.4) is 0 Å². The molecule has 1 radical (unpaired) electrons. The smallest absolute Gasteiger partial charge is 0.250 e. The maximum absolute atomic E-state index is 12.0. The number of benzene rings is 1. The zero-order chi connectivity index (χ0) is 14.8. The van der Waals surface area contributed by atoms with E-state index >= 15 is 0 Å². The summed E-state index contributed by atoms with van der Waals surface area (Å²) in [5.74, 6) is -0.447. The fraction of sp³-hybridized carbons (Fsp3) is 0.333. The zero-order valence-electron chi connectivity index (χ0n) is 11.6. The van der Waals surface area contributed by atoms with E-state index in [0.717, 1.165) is 36.9 Å². The van der Waals surface area contributed by atoms with Gasteiger partial charge in [0, 0.05) is 18.5 Å². The van der Waals surface area contributed by atoms with Crippen LogP contribution in [-0.2, 0) is 11.2 Å². The van der Waals surface area contributed by atoms with Crippen molar-refractivity contribution < 1.29 is 9.59 Å². The van der Waals surface area contributed by atoms with E-state index in [1.807, 2.05) is 11.0 Å². The number of hydrogen-bond acceptors (Lipinski definition) is 3. The fourth-order valence-corrected chi connectivity index (χ4v) is 2.70. The largest absolute Gasteiger partial charge is 0.366 e. The quantitative estimate of drug-likeness (QED) is 0.878. The Hall–Kier alpha value is -2.37. The van der Waals surface area contributed by atoms with Gasteiger partial charge in [-0.1, -0.05) is 0 Å². The topological polar surface area (TPSA) is 92.1 Å². The summed E-state index contributed by atoms with van der Waals surface area (Å²) in [5, 5.41) is 7.52. The highest BCUT2D eigenvalue weighted by atomic mass is 16.2. The van der Waals surface area contributed by atoms with Crippen molar-refractivity contribution in [2.75, 3.05) is 13.1 Å². The van der Waals surface area contributed by atoms with Gasteiger partial charge in [0.05, 0.1) is 23.7 Å². The summed E-state index contributed by atoms with van der Waals surface area (Å²) in [6.07, 6.45) is 5.94. The first-order valence-electron chi connectivity index (χ1n) is 7.03. The van der Waals surface area contributed by atoms with Crippen LogP contribution >= 0.6 is 0 Å². The molecule has 1 saturated heterocycles. The molecule has 3 rings (SSSR count). The molecule has 109 valence electrons. The van der Waals surface area contributed by atoms with Gasteiger partial charge in [0.2, 0.25) is 5.91 Å². The van der Waals surface area contributed by atoms with Gasteiger partial charge in [-0.05, 0) is 37.0 Å². The molecule has 21 heavy (non-hydrogen) atoms. The summed E-state index contributed by atoms with van der Waals surface area (Å²) in [6.45, 7) is 1.67. The van der Waals surface area contributed by atoms with E-state index in [1.165, 1.54) is 0 Å². The van der Waals surface area contributed by atoms with Crippen LogP contribution in [0, 0.1) is 6.42 Å². The van der Waals surface area contributed by atoms with Crippen LogP contribution in [0.5, 0.6) is 0 Å². The average molecular weight is 285 g/mol. The number of nitrogens with zero attached hydrogens (tertiary/aromatic N) is 2. The minimum absolute atomic E-state index is 0.0559. The molecule has 1 aliphatic heterocycles.